The fourth-order valence-electron chi connectivity index (χ4n) is 2.90. The number of nitrogens with one attached hydrogen (secondary N) is 2. The summed E-state index contributed by atoms with van der Waals surface area (Å²) >= 11 is 0. The van der Waals surface area contributed by atoms with E-state index in [2.05, 4.69) is 15.6 Å². The fraction of sp³-hybridized carbons (Fsp3) is 0.250. The SMILES string of the molecule is Cc1ccc(C)c(NC(=O)c2nc(C(=O)NC3CC3)c3ccccn23)c1. The molecule has 26 heavy (non-hydrogen) atoms. The molecule has 0 unspecified atom stereocenters. The Hall–Kier alpha value is -3.15. The molecule has 2 heterocycles. The average molecular weight is 348 g/mol. The molecule has 2 N–H and O–H groups in total. The van der Waals surface area contributed by atoms with E-state index < -0.39 is 0 Å². The second kappa shape index (κ2) is 6.29. The van der Waals surface area contributed by atoms with Crippen molar-refractivity contribution in [1.82, 2.24) is 14.7 Å². The molecule has 1 fully saturated rings. The van der Waals surface area contributed by atoms with Crippen molar-refractivity contribution in [3.05, 3.63) is 65.2 Å². The van der Waals surface area contributed by atoms with E-state index in [4.69, 9.17) is 0 Å². The Morgan fingerprint density at radius 2 is 1.92 bits per heavy atom. The number of benzene rings is 1. The first-order valence-corrected chi connectivity index (χ1v) is 8.69. The standard InChI is InChI=1S/C20H20N4O2/c1-12-6-7-13(2)15(11-12)22-20(26)18-23-17(19(25)21-14-8-9-14)16-5-3-4-10-24(16)18/h3-7,10-11,14H,8-9H2,1-2H3,(H,21,25)(H,22,26). The minimum absolute atomic E-state index is 0.197. The van der Waals surface area contributed by atoms with Crippen LogP contribution in [0, 0.1) is 13.8 Å². The Labute approximate surface area is 151 Å². The highest BCUT2D eigenvalue weighted by Crippen LogP contribution is 2.22. The summed E-state index contributed by atoms with van der Waals surface area (Å²) in [7, 11) is 0. The zero-order chi connectivity index (χ0) is 18.3. The highest BCUT2D eigenvalue weighted by molar-refractivity contribution is 6.06. The second-order valence-electron chi connectivity index (χ2n) is 6.76. The number of aryl methyl sites for hydroxylation is 2. The van der Waals surface area contributed by atoms with E-state index in [1.165, 1.54) is 0 Å². The van der Waals surface area contributed by atoms with Crippen LogP contribution in [-0.2, 0) is 0 Å². The van der Waals surface area contributed by atoms with Crippen LogP contribution < -0.4 is 10.6 Å². The molecule has 0 bridgehead atoms. The summed E-state index contributed by atoms with van der Waals surface area (Å²) in [6.07, 6.45) is 3.74. The number of imidazole rings is 1. The normalized spacial score (nSPS) is 13.6. The molecule has 0 spiro atoms. The molecule has 132 valence electrons. The van der Waals surface area contributed by atoms with E-state index in [1.54, 1.807) is 16.7 Å². The van der Waals surface area contributed by atoms with E-state index in [0.29, 0.717) is 5.52 Å². The van der Waals surface area contributed by atoms with Gasteiger partial charge in [-0.1, -0.05) is 18.2 Å². The predicted octanol–water partition coefficient (Wildman–Crippen LogP) is 3.10. The van der Waals surface area contributed by atoms with Gasteiger partial charge in [0.2, 0.25) is 5.82 Å². The number of amides is 2. The van der Waals surface area contributed by atoms with Gasteiger partial charge in [-0.15, -0.1) is 0 Å². The zero-order valence-electron chi connectivity index (χ0n) is 14.7. The Morgan fingerprint density at radius 1 is 1.12 bits per heavy atom. The van der Waals surface area contributed by atoms with Crippen molar-refractivity contribution in [2.24, 2.45) is 0 Å². The maximum absolute atomic E-state index is 12.8. The molecule has 0 saturated heterocycles. The molecule has 1 aliphatic carbocycles. The summed E-state index contributed by atoms with van der Waals surface area (Å²) in [5.41, 5.74) is 3.67. The summed E-state index contributed by atoms with van der Waals surface area (Å²) in [5, 5.41) is 5.85. The number of carbonyl (C=O) groups excluding carboxylic acids is 2. The molecule has 4 rings (SSSR count). The van der Waals surface area contributed by atoms with Gasteiger partial charge in [0.1, 0.15) is 0 Å². The zero-order valence-corrected chi connectivity index (χ0v) is 14.7. The van der Waals surface area contributed by atoms with E-state index in [-0.39, 0.29) is 29.4 Å². The van der Waals surface area contributed by atoms with Crippen LogP contribution in [0.2, 0.25) is 0 Å². The van der Waals surface area contributed by atoms with Gasteiger partial charge in [-0.3, -0.25) is 14.0 Å². The van der Waals surface area contributed by atoms with E-state index in [9.17, 15) is 9.59 Å². The summed E-state index contributed by atoms with van der Waals surface area (Å²) in [5.74, 6) is -0.380. The Morgan fingerprint density at radius 3 is 2.69 bits per heavy atom. The number of fused-ring (bicyclic) bond motifs is 1. The molecule has 0 aliphatic heterocycles. The van der Waals surface area contributed by atoms with E-state index in [1.807, 2.05) is 44.2 Å². The molecular formula is C20H20N4O2. The predicted molar refractivity (Wildman–Crippen MR) is 99.5 cm³/mol. The van der Waals surface area contributed by atoms with Gasteiger partial charge in [0.05, 0.1) is 5.52 Å². The summed E-state index contributed by atoms with van der Waals surface area (Å²) < 4.78 is 1.66. The molecule has 0 radical (unpaired) electrons. The Kier molecular flexibility index (Phi) is 3.95. The molecule has 2 amide bonds. The smallest absolute Gasteiger partial charge is 0.292 e. The lowest BCUT2D eigenvalue weighted by Crippen LogP contribution is -2.26. The minimum Gasteiger partial charge on any atom is -0.348 e. The number of anilines is 1. The molecule has 2 aromatic heterocycles. The molecule has 6 heteroatoms. The van der Waals surface area contributed by atoms with Crippen LogP contribution in [0.15, 0.2) is 42.6 Å². The first kappa shape index (κ1) is 16.3. The number of nitrogens with zero attached hydrogens (tertiary/aromatic N) is 2. The van der Waals surface area contributed by atoms with Gasteiger partial charge in [0, 0.05) is 17.9 Å². The van der Waals surface area contributed by atoms with Crippen LogP contribution in [0.1, 0.15) is 45.1 Å². The largest absolute Gasteiger partial charge is 0.348 e. The van der Waals surface area contributed by atoms with Crippen molar-refractivity contribution >= 4 is 23.0 Å². The molecule has 1 aliphatic rings. The lowest BCUT2D eigenvalue weighted by Gasteiger charge is -2.08. The lowest BCUT2D eigenvalue weighted by atomic mass is 10.1. The number of hydrogen-bond acceptors (Lipinski definition) is 3. The van der Waals surface area contributed by atoms with Crippen LogP contribution in [0.4, 0.5) is 5.69 Å². The highest BCUT2D eigenvalue weighted by atomic mass is 16.2. The number of carbonyl (C=O) groups is 2. The third-order valence-corrected chi connectivity index (χ3v) is 4.52. The van der Waals surface area contributed by atoms with Gasteiger partial charge in [-0.2, -0.15) is 0 Å². The van der Waals surface area contributed by atoms with Crippen LogP contribution in [0.5, 0.6) is 0 Å². The summed E-state index contributed by atoms with van der Waals surface area (Å²) in [6.45, 7) is 3.91. The minimum atomic E-state index is -0.342. The van der Waals surface area contributed by atoms with Crippen LogP contribution in [0.3, 0.4) is 0 Å². The fourth-order valence-corrected chi connectivity index (χ4v) is 2.90. The highest BCUT2D eigenvalue weighted by Gasteiger charge is 2.27. The van der Waals surface area contributed by atoms with Crippen molar-refractivity contribution in [2.75, 3.05) is 5.32 Å². The number of pyridine rings is 1. The molecule has 3 aromatic rings. The van der Waals surface area contributed by atoms with Crippen molar-refractivity contribution in [2.45, 2.75) is 32.7 Å². The summed E-state index contributed by atoms with van der Waals surface area (Å²) in [6, 6.07) is 11.5. The third-order valence-electron chi connectivity index (χ3n) is 4.52. The maximum Gasteiger partial charge on any atom is 0.292 e. The maximum atomic E-state index is 12.8. The third kappa shape index (κ3) is 3.06. The van der Waals surface area contributed by atoms with Gasteiger partial charge >= 0.3 is 0 Å². The van der Waals surface area contributed by atoms with Crippen molar-refractivity contribution in [3.8, 4) is 0 Å². The number of aromatic nitrogens is 2. The van der Waals surface area contributed by atoms with Gasteiger partial charge in [-0.25, -0.2) is 4.98 Å². The first-order chi connectivity index (χ1) is 12.5. The van der Waals surface area contributed by atoms with Gasteiger partial charge in [0.15, 0.2) is 5.69 Å². The quantitative estimate of drug-likeness (QED) is 0.761. The van der Waals surface area contributed by atoms with Crippen LogP contribution >= 0.6 is 0 Å². The van der Waals surface area contributed by atoms with Gasteiger partial charge < -0.3 is 10.6 Å². The molecular weight excluding hydrogens is 328 g/mol. The molecule has 1 saturated carbocycles. The van der Waals surface area contributed by atoms with E-state index in [0.717, 1.165) is 29.7 Å². The Balaban J connectivity index is 1.70. The summed E-state index contributed by atoms with van der Waals surface area (Å²) in [4.78, 5) is 29.7. The second-order valence-corrected chi connectivity index (χ2v) is 6.76. The first-order valence-electron chi connectivity index (χ1n) is 8.69. The van der Waals surface area contributed by atoms with E-state index >= 15 is 0 Å². The molecule has 0 atom stereocenters. The van der Waals surface area contributed by atoms with Crippen molar-refractivity contribution < 1.29 is 9.59 Å². The molecule has 1 aromatic carbocycles. The lowest BCUT2D eigenvalue weighted by molar-refractivity contribution is 0.0948. The Bertz CT molecular complexity index is 1020. The van der Waals surface area contributed by atoms with Gasteiger partial charge in [0.25, 0.3) is 11.8 Å². The van der Waals surface area contributed by atoms with Crippen molar-refractivity contribution in [3.63, 3.8) is 0 Å². The molecule has 6 nitrogen and oxygen atoms in total. The van der Waals surface area contributed by atoms with Crippen molar-refractivity contribution in [1.29, 1.82) is 0 Å². The topological polar surface area (TPSA) is 75.5 Å². The monoisotopic (exact) mass is 348 g/mol. The average Bonchev–Trinajstić information content (AvgIpc) is 3.34. The van der Waals surface area contributed by atoms with Crippen LogP contribution in [-0.4, -0.2) is 27.2 Å². The van der Waals surface area contributed by atoms with Gasteiger partial charge in [-0.05, 0) is 56.0 Å². The van der Waals surface area contributed by atoms with Crippen LogP contribution in [0.25, 0.3) is 5.52 Å². The number of rotatable bonds is 4. The number of hydrogen-bond donors (Lipinski definition) is 2.